The topological polar surface area (TPSA) is 88.5 Å². The number of aliphatic carboxylic acids is 1. The number of hydrogen-bond donors (Lipinski definition) is 2. The van der Waals surface area contributed by atoms with Gasteiger partial charge in [-0.15, -0.1) is 0 Å². The van der Waals surface area contributed by atoms with Gasteiger partial charge in [0.25, 0.3) is 0 Å². The highest BCUT2D eigenvalue weighted by atomic mass is 16.5. The van der Waals surface area contributed by atoms with Gasteiger partial charge in [-0.3, -0.25) is 4.79 Å². The number of methoxy groups -OCH3 is 1. The standard InChI is InChI=1S/C14H18N2O4/c1-20-13(19)10-4-7-15-11(8-10)16-14(9-12(17)18)5-2-3-6-14/h4,7-8H,2-3,5-6,9H2,1H3,(H,15,16)(H,17,18). The summed E-state index contributed by atoms with van der Waals surface area (Å²) in [6.07, 6.45) is 5.15. The van der Waals surface area contributed by atoms with Gasteiger partial charge >= 0.3 is 11.9 Å². The van der Waals surface area contributed by atoms with Crippen LogP contribution in [0.5, 0.6) is 0 Å². The summed E-state index contributed by atoms with van der Waals surface area (Å²) in [4.78, 5) is 26.7. The molecule has 1 aliphatic rings. The van der Waals surface area contributed by atoms with Crippen molar-refractivity contribution >= 4 is 17.8 Å². The third-order valence-corrected chi connectivity index (χ3v) is 3.62. The van der Waals surface area contributed by atoms with Crippen LogP contribution in [-0.2, 0) is 9.53 Å². The molecule has 0 saturated heterocycles. The maximum atomic E-state index is 11.5. The van der Waals surface area contributed by atoms with Crippen molar-refractivity contribution in [3.05, 3.63) is 23.9 Å². The van der Waals surface area contributed by atoms with Crippen LogP contribution < -0.4 is 5.32 Å². The molecule has 0 atom stereocenters. The van der Waals surface area contributed by atoms with Crippen molar-refractivity contribution in [1.82, 2.24) is 4.98 Å². The first-order valence-corrected chi connectivity index (χ1v) is 6.59. The van der Waals surface area contributed by atoms with E-state index in [4.69, 9.17) is 5.11 Å². The van der Waals surface area contributed by atoms with Gasteiger partial charge in [-0.1, -0.05) is 12.8 Å². The molecule has 20 heavy (non-hydrogen) atoms. The summed E-state index contributed by atoms with van der Waals surface area (Å²) in [5.41, 5.74) is -0.0680. The first kappa shape index (κ1) is 14.3. The average Bonchev–Trinajstić information content (AvgIpc) is 2.85. The molecule has 108 valence electrons. The Morgan fingerprint density at radius 2 is 2.15 bits per heavy atom. The third-order valence-electron chi connectivity index (χ3n) is 3.62. The van der Waals surface area contributed by atoms with Crippen molar-refractivity contribution in [2.24, 2.45) is 0 Å². The van der Waals surface area contributed by atoms with E-state index in [-0.39, 0.29) is 6.42 Å². The fourth-order valence-corrected chi connectivity index (χ4v) is 2.70. The Bertz CT molecular complexity index is 510. The van der Waals surface area contributed by atoms with Crippen LogP contribution in [0.3, 0.4) is 0 Å². The fourth-order valence-electron chi connectivity index (χ4n) is 2.70. The van der Waals surface area contributed by atoms with Crippen molar-refractivity contribution in [1.29, 1.82) is 0 Å². The fraction of sp³-hybridized carbons (Fsp3) is 0.500. The molecule has 0 radical (unpaired) electrons. The normalized spacial score (nSPS) is 16.6. The van der Waals surface area contributed by atoms with Gasteiger partial charge in [0.05, 0.1) is 19.1 Å². The van der Waals surface area contributed by atoms with Gasteiger partial charge in [0, 0.05) is 11.7 Å². The van der Waals surface area contributed by atoms with Crippen molar-refractivity contribution in [2.75, 3.05) is 12.4 Å². The molecule has 0 aromatic carbocycles. The van der Waals surface area contributed by atoms with Gasteiger partial charge < -0.3 is 15.2 Å². The average molecular weight is 278 g/mol. The Morgan fingerprint density at radius 3 is 2.75 bits per heavy atom. The Kier molecular flexibility index (Phi) is 4.22. The number of ether oxygens (including phenoxy) is 1. The molecule has 2 rings (SSSR count). The molecule has 0 spiro atoms. The molecule has 0 amide bonds. The maximum absolute atomic E-state index is 11.5. The zero-order valence-corrected chi connectivity index (χ0v) is 11.4. The lowest BCUT2D eigenvalue weighted by Gasteiger charge is -2.29. The van der Waals surface area contributed by atoms with Crippen LogP contribution in [0.25, 0.3) is 0 Å². The summed E-state index contributed by atoms with van der Waals surface area (Å²) >= 11 is 0. The molecule has 1 heterocycles. The monoisotopic (exact) mass is 278 g/mol. The van der Waals surface area contributed by atoms with E-state index in [1.807, 2.05) is 0 Å². The largest absolute Gasteiger partial charge is 0.481 e. The van der Waals surface area contributed by atoms with Gasteiger partial charge in [-0.25, -0.2) is 9.78 Å². The minimum Gasteiger partial charge on any atom is -0.481 e. The number of rotatable bonds is 5. The third kappa shape index (κ3) is 3.26. The van der Waals surface area contributed by atoms with E-state index in [0.717, 1.165) is 25.7 Å². The lowest BCUT2D eigenvalue weighted by atomic mass is 9.93. The van der Waals surface area contributed by atoms with Gasteiger partial charge in [0.1, 0.15) is 5.82 Å². The number of carboxylic acid groups (broad SMARTS) is 1. The van der Waals surface area contributed by atoms with E-state index in [2.05, 4.69) is 15.0 Å². The summed E-state index contributed by atoms with van der Waals surface area (Å²) in [5.74, 6) is -0.756. The predicted octanol–water partition coefficient (Wildman–Crippen LogP) is 2.07. The molecule has 1 aromatic heterocycles. The van der Waals surface area contributed by atoms with Crippen molar-refractivity contribution in [3.8, 4) is 0 Å². The van der Waals surface area contributed by atoms with Crippen LogP contribution in [-0.4, -0.2) is 34.7 Å². The highest BCUT2D eigenvalue weighted by molar-refractivity contribution is 5.90. The summed E-state index contributed by atoms with van der Waals surface area (Å²) in [5, 5.41) is 12.3. The summed E-state index contributed by atoms with van der Waals surface area (Å²) in [6.45, 7) is 0. The van der Waals surface area contributed by atoms with E-state index in [1.165, 1.54) is 13.3 Å². The van der Waals surface area contributed by atoms with Crippen LogP contribution in [0.4, 0.5) is 5.82 Å². The number of hydrogen-bond acceptors (Lipinski definition) is 5. The van der Waals surface area contributed by atoms with Gasteiger partial charge in [0.2, 0.25) is 0 Å². The Labute approximate surface area is 117 Å². The quantitative estimate of drug-likeness (QED) is 0.801. The second kappa shape index (κ2) is 5.90. The lowest BCUT2D eigenvalue weighted by Crippen LogP contribution is -2.37. The number of pyridine rings is 1. The molecular formula is C14H18N2O4. The highest BCUT2D eigenvalue weighted by Gasteiger charge is 2.36. The molecular weight excluding hydrogens is 260 g/mol. The van der Waals surface area contributed by atoms with Crippen LogP contribution >= 0.6 is 0 Å². The zero-order valence-electron chi connectivity index (χ0n) is 11.4. The maximum Gasteiger partial charge on any atom is 0.338 e. The number of carbonyl (C=O) groups is 2. The SMILES string of the molecule is COC(=O)c1ccnc(NC2(CC(=O)O)CCCC2)c1. The first-order valence-electron chi connectivity index (χ1n) is 6.59. The molecule has 2 N–H and O–H groups in total. The second-order valence-electron chi connectivity index (χ2n) is 5.10. The number of esters is 1. The summed E-state index contributed by atoms with van der Waals surface area (Å²) in [6, 6.07) is 3.16. The lowest BCUT2D eigenvalue weighted by molar-refractivity contribution is -0.138. The number of carboxylic acids is 1. The van der Waals surface area contributed by atoms with Gasteiger partial charge in [-0.2, -0.15) is 0 Å². The minimum absolute atomic E-state index is 0.0527. The van der Waals surface area contributed by atoms with Gasteiger partial charge in [0.15, 0.2) is 0 Å². The van der Waals surface area contributed by atoms with E-state index in [9.17, 15) is 9.59 Å². The zero-order chi connectivity index (χ0) is 14.6. The molecule has 6 heteroatoms. The van der Waals surface area contributed by atoms with Crippen LogP contribution in [0.1, 0.15) is 42.5 Å². The summed E-state index contributed by atoms with van der Waals surface area (Å²) in [7, 11) is 1.32. The Balaban J connectivity index is 2.18. The minimum atomic E-state index is -0.830. The molecule has 0 bridgehead atoms. The molecule has 1 saturated carbocycles. The molecule has 0 unspecified atom stereocenters. The van der Waals surface area contributed by atoms with E-state index in [0.29, 0.717) is 11.4 Å². The second-order valence-corrected chi connectivity index (χ2v) is 5.10. The highest BCUT2D eigenvalue weighted by Crippen LogP contribution is 2.35. The predicted molar refractivity (Wildman–Crippen MR) is 72.7 cm³/mol. The number of nitrogens with one attached hydrogen (secondary N) is 1. The van der Waals surface area contributed by atoms with Crippen LogP contribution in [0.2, 0.25) is 0 Å². The molecule has 1 aromatic rings. The van der Waals surface area contributed by atoms with Crippen LogP contribution in [0, 0.1) is 0 Å². The van der Waals surface area contributed by atoms with E-state index in [1.54, 1.807) is 12.1 Å². The Morgan fingerprint density at radius 1 is 1.45 bits per heavy atom. The number of aromatic nitrogens is 1. The summed E-state index contributed by atoms with van der Waals surface area (Å²) < 4.78 is 4.66. The molecule has 1 fully saturated rings. The Hall–Kier alpha value is -2.11. The van der Waals surface area contributed by atoms with Crippen molar-refractivity contribution in [3.63, 3.8) is 0 Å². The molecule has 1 aliphatic carbocycles. The van der Waals surface area contributed by atoms with Crippen molar-refractivity contribution < 1.29 is 19.4 Å². The number of carbonyl (C=O) groups excluding carboxylic acids is 1. The number of anilines is 1. The van der Waals surface area contributed by atoms with E-state index < -0.39 is 17.5 Å². The van der Waals surface area contributed by atoms with Gasteiger partial charge in [-0.05, 0) is 25.0 Å². The van der Waals surface area contributed by atoms with Crippen LogP contribution in [0.15, 0.2) is 18.3 Å². The molecule has 6 nitrogen and oxygen atoms in total. The number of nitrogens with zero attached hydrogens (tertiary/aromatic N) is 1. The molecule has 0 aliphatic heterocycles. The van der Waals surface area contributed by atoms with E-state index >= 15 is 0 Å². The first-order chi connectivity index (χ1) is 9.54. The van der Waals surface area contributed by atoms with Crippen molar-refractivity contribution in [2.45, 2.75) is 37.6 Å². The smallest absolute Gasteiger partial charge is 0.338 e.